The predicted octanol–water partition coefficient (Wildman–Crippen LogP) is 7.15. The van der Waals surface area contributed by atoms with Gasteiger partial charge in [0, 0.05) is 5.57 Å². The van der Waals surface area contributed by atoms with Crippen LogP contribution in [0, 0.1) is 6.92 Å². The van der Waals surface area contributed by atoms with Crippen molar-refractivity contribution in [2.45, 2.75) is 19.0 Å². The van der Waals surface area contributed by atoms with Crippen molar-refractivity contribution < 1.29 is 22.0 Å². The molecule has 0 aliphatic carbocycles. The number of benzene rings is 3. The third-order valence-electron chi connectivity index (χ3n) is 4.39. The first kappa shape index (κ1) is 19.8. The van der Waals surface area contributed by atoms with Gasteiger partial charge in [-0.05, 0) is 29.2 Å². The van der Waals surface area contributed by atoms with Crippen molar-refractivity contribution in [2.75, 3.05) is 0 Å². The molecule has 0 aromatic heterocycles. The fourth-order valence-corrected chi connectivity index (χ4v) is 3.01. The van der Waals surface area contributed by atoms with Gasteiger partial charge in [-0.2, -0.15) is 22.0 Å². The molecule has 0 fully saturated rings. The van der Waals surface area contributed by atoms with E-state index in [0.29, 0.717) is 5.56 Å². The summed E-state index contributed by atoms with van der Waals surface area (Å²) in [5.41, 5.74) is 0.0720. The predicted molar refractivity (Wildman–Crippen MR) is 101 cm³/mol. The molecule has 0 saturated carbocycles. The Morgan fingerprint density at radius 2 is 1.00 bits per heavy atom. The summed E-state index contributed by atoms with van der Waals surface area (Å²) in [6.07, 6.45) is -5.73. The van der Waals surface area contributed by atoms with E-state index in [-0.39, 0.29) is 16.7 Å². The summed E-state index contributed by atoms with van der Waals surface area (Å²) in [6, 6.07) is 21.5. The maximum absolute atomic E-state index is 14.8. The highest BCUT2D eigenvalue weighted by Gasteiger charge is 2.61. The summed E-state index contributed by atoms with van der Waals surface area (Å²) < 4.78 is 69.9. The van der Waals surface area contributed by atoms with Crippen LogP contribution in [0.25, 0.3) is 11.1 Å². The normalized spacial score (nSPS) is 13.2. The van der Waals surface area contributed by atoms with Crippen LogP contribution in [-0.2, 0) is 0 Å². The molecule has 0 nitrogen and oxygen atoms in total. The highest BCUT2D eigenvalue weighted by atomic mass is 19.4. The molecule has 0 unspecified atom stereocenters. The van der Waals surface area contributed by atoms with E-state index in [1.807, 2.05) is 6.92 Å². The Morgan fingerprint density at radius 3 is 1.46 bits per heavy atom. The van der Waals surface area contributed by atoms with E-state index in [4.69, 9.17) is 0 Å². The minimum absolute atomic E-state index is 0.144. The van der Waals surface area contributed by atoms with E-state index >= 15 is 0 Å². The van der Waals surface area contributed by atoms with Crippen molar-refractivity contribution in [3.8, 4) is 0 Å². The largest absolute Gasteiger partial charge is 0.458 e. The van der Waals surface area contributed by atoms with Crippen molar-refractivity contribution >= 4 is 11.1 Å². The Kier molecular flexibility index (Phi) is 5.36. The van der Waals surface area contributed by atoms with Gasteiger partial charge in [0.05, 0.1) is 0 Å². The number of alkyl halides is 5. The number of hydrogen-bond donors (Lipinski definition) is 0. The topological polar surface area (TPSA) is 0 Å². The minimum atomic E-state index is -5.73. The third-order valence-corrected chi connectivity index (χ3v) is 4.39. The Bertz CT molecular complexity index is 953. The second-order valence-electron chi connectivity index (χ2n) is 6.42. The number of aryl methyl sites for hydroxylation is 1. The van der Waals surface area contributed by atoms with Gasteiger partial charge in [0.2, 0.25) is 0 Å². The highest BCUT2D eigenvalue weighted by Crippen LogP contribution is 2.49. The fraction of sp³-hybridized carbons (Fsp3) is 0.130. The zero-order valence-corrected chi connectivity index (χ0v) is 15.0. The van der Waals surface area contributed by atoms with E-state index < -0.39 is 17.7 Å². The summed E-state index contributed by atoms with van der Waals surface area (Å²) in [6.45, 7) is 1.82. The van der Waals surface area contributed by atoms with Gasteiger partial charge in [0.1, 0.15) is 0 Å². The molecule has 0 bridgehead atoms. The molecule has 3 rings (SSSR count). The molecule has 0 aliphatic rings. The molecule has 0 heterocycles. The lowest BCUT2D eigenvalue weighted by Crippen LogP contribution is -2.38. The Morgan fingerprint density at radius 1 is 0.571 bits per heavy atom. The van der Waals surface area contributed by atoms with Gasteiger partial charge >= 0.3 is 12.1 Å². The lowest BCUT2D eigenvalue weighted by Gasteiger charge is -2.26. The van der Waals surface area contributed by atoms with E-state index in [9.17, 15) is 22.0 Å². The number of allylic oxidation sites excluding steroid dienone is 1. The Labute approximate surface area is 160 Å². The summed E-state index contributed by atoms with van der Waals surface area (Å²) in [5.74, 6) is -5.04. The second-order valence-corrected chi connectivity index (χ2v) is 6.42. The quantitative estimate of drug-likeness (QED) is 0.329. The van der Waals surface area contributed by atoms with Crippen molar-refractivity contribution in [1.29, 1.82) is 0 Å². The van der Waals surface area contributed by atoms with Crippen molar-refractivity contribution in [2.24, 2.45) is 0 Å². The van der Waals surface area contributed by atoms with Crippen LogP contribution in [0.2, 0.25) is 0 Å². The van der Waals surface area contributed by atoms with Gasteiger partial charge in [0.25, 0.3) is 0 Å². The summed E-state index contributed by atoms with van der Waals surface area (Å²) in [4.78, 5) is 0. The highest BCUT2D eigenvalue weighted by molar-refractivity contribution is 6.01. The number of hydrogen-bond acceptors (Lipinski definition) is 0. The molecular weight excluding hydrogens is 371 g/mol. The standard InChI is InChI=1S/C23H17F5/c1-16-12-14-18(15-13-16)20(17-8-4-2-5-9-17)21(19-10-6-3-7-11-19)22(24,25)23(26,27)28/h2-15H,1H3/b21-20+. The van der Waals surface area contributed by atoms with Gasteiger partial charge < -0.3 is 0 Å². The van der Waals surface area contributed by atoms with E-state index in [1.165, 1.54) is 36.4 Å². The first-order valence-electron chi connectivity index (χ1n) is 8.59. The lowest BCUT2D eigenvalue weighted by atomic mass is 9.86. The lowest BCUT2D eigenvalue weighted by molar-refractivity contribution is -0.253. The fourth-order valence-electron chi connectivity index (χ4n) is 3.01. The minimum Gasteiger partial charge on any atom is -0.191 e. The Hall–Kier alpha value is -2.95. The van der Waals surface area contributed by atoms with Crippen LogP contribution in [0.4, 0.5) is 22.0 Å². The van der Waals surface area contributed by atoms with Gasteiger partial charge in [-0.1, -0.05) is 90.5 Å². The molecule has 3 aromatic carbocycles. The van der Waals surface area contributed by atoms with Gasteiger partial charge in [-0.25, -0.2) is 0 Å². The first-order chi connectivity index (χ1) is 13.2. The number of rotatable bonds is 4. The Balaban J connectivity index is 2.44. The SMILES string of the molecule is Cc1ccc(/C(=C(\c2ccccc2)C(F)(F)C(F)(F)F)c2ccccc2)cc1. The molecule has 28 heavy (non-hydrogen) atoms. The number of halogens is 5. The zero-order valence-electron chi connectivity index (χ0n) is 15.0. The molecule has 3 aromatic rings. The van der Waals surface area contributed by atoms with E-state index in [2.05, 4.69) is 0 Å². The average molecular weight is 388 g/mol. The third kappa shape index (κ3) is 3.84. The van der Waals surface area contributed by atoms with Crippen molar-refractivity contribution in [3.05, 3.63) is 107 Å². The molecular formula is C23H17F5. The van der Waals surface area contributed by atoms with Crippen molar-refractivity contribution in [1.82, 2.24) is 0 Å². The molecule has 0 saturated heterocycles. The van der Waals surface area contributed by atoms with Crippen LogP contribution in [0.5, 0.6) is 0 Å². The summed E-state index contributed by atoms with van der Waals surface area (Å²) >= 11 is 0. The van der Waals surface area contributed by atoms with Gasteiger partial charge in [0.15, 0.2) is 0 Å². The maximum Gasteiger partial charge on any atom is 0.458 e. The van der Waals surface area contributed by atoms with Crippen LogP contribution in [0.3, 0.4) is 0 Å². The van der Waals surface area contributed by atoms with Crippen LogP contribution in [0.15, 0.2) is 84.9 Å². The molecule has 0 N–H and O–H groups in total. The smallest absolute Gasteiger partial charge is 0.191 e. The molecule has 0 spiro atoms. The second kappa shape index (κ2) is 7.58. The summed E-state index contributed by atoms with van der Waals surface area (Å²) in [7, 11) is 0. The van der Waals surface area contributed by atoms with Crippen LogP contribution in [0.1, 0.15) is 22.3 Å². The van der Waals surface area contributed by atoms with Crippen LogP contribution in [-0.4, -0.2) is 12.1 Å². The van der Waals surface area contributed by atoms with Crippen LogP contribution < -0.4 is 0 Å². The molecule has 0 radical (unpaired) electrons. The first-order valence-corrected chi connectivity index (χ1v) is 8.59. The van der Waals surface area contributed by atoms with E-state index in [1.54, 1.807) is 48.5 Å². The van der Waals surface area contributed by atoms with Gasteiger partial charge in [-0.15, -0.1) is 0 Å². The molecule has 144 valence electrons. The van der Waals surface area contributed by atoms with Crippen molar-refractivity contribution in [3.63, 3.8) is 0 Å². The maximum atomic E-state index is 14.8. The summed E-state index contributed by atoms with van der Waals surface area (Å²) in [5, 5.41) is 0. The molecule has 0 atom stereocenters. The molecule has 5 heteroatoms. The van der Waals surface area contributed by atoms with E-state index in [0.717, 1.165) is 5.56 Å². The zero-order chi connectivity index (χ0) is 20.4. The molecule has 0 amide bonds. The molecule has 0 aliphatic heterocycles. The monoisotopic (exact) mass is 388 g/mol. The average Bonchev–Trinajstić information content (AvgIpc) is 2.67. The van der Waals surface area contributed by atoms with Gasteiger partial charge in [-0.3, -0.25) is 0 Å². The van der Waals surface area contributed by atoms with Crippen LogP contribution >= 0.6 is 0 Å².